The SMILES string of the molecule is Cc1cc(Cl)ccc1OCC(=O)N/N=C1/C[C@H]2C=CC[C@H]12. The number of hydrogen-bond acceptors (Lipinski definition) is 3. The van der Waals surface area contributed by atoms with Gasteiger partial charge in [-0.3, -0.25) is 4.79 Å². The monoisotopic (exact) mass is 304 g/mol. The molecule has 0 heterocycles. The Morgan fingerprint density at radius 3 is 3.14 bits per heavy atom. The Kier molecular flexibility index (Phi) is 3.97. The van der Waals surface area contributed by atoms with Crippen LogP contribution < -0.4 is 10.2 Å². The van der Waals surface area contributed by atoms with Crippen LogP contribution in [0.1, 0.15) is 18.4 Å². The molecule has 1 N–H and O–H groups in total. The number of nitrogens with one attached hydrogen (secondary N) is 1. The molecule has 2 aliphatic carbocycles. The Labute approximate surface area is 128 Å². The average Bonchev–Trinajstić information content (AvgIpc) is 2.79. The lowest BCUT2D eigenvalue weighted by atomic mass is 9.74. The van der Waals surface area contributed by atoms with Crippen molar-refractivity contribution in [3.8, 4) is 5.75 Å². The van der Waals surface area contributed by atoms with Crippen molar-refractivity contribution in [1.29, 1.82) is 0 Å². The van der Waals surface area contributed by atoms with Gasteiger partial charge in [0.2, 0.25) is 0 Å². The summed E-state index contributed by atoms with van der Waals surface area (Å²) in [6.07, 6.45) is 6.42. The molecule has 0 aliphatic heterocycles. The largest absolute Gasteiger partial charge is 0.483 e. The highest BCUT2D eigenvalue weighted by Crippen LogP contribution is 2.40. The Bertz CT molecular complexity index is 625. The van der Waals surface area contributed by atoms with E-state index in [1.165, 1.54) is 0 Å². The molecule has 1 aromatic carbocycles. The van der Waals surface area contributed by atoms with Crippen LogP contribution in [0.3, 0.4) is 0 Å². The topological polar surface area (TPSA) is 50.7 Å². The number of ether oxygens (including phenoxy) is 1. The Morgan fingerprint density at radius 2 is 2.38 bits per heavy atom. The van der Waals surface area contributed by atoms with E-state index in [0.717, 1.165) is 24.1 Å². The first-order valence-electron chi connectivity index (χ1n) is 7.04. The van der Waals surface area contributed by atoms with Crippen LogP contribution in [0.25, 0.3) is 0 Å². The van der Waals surface area contributed by atoms with Gasteiger partial charge in [-0.2, -0.15) is 5.10 Å². The minimum atomic E-state index is -0.244. The fourth-order valence-electron chi connectivity index (χ4n) is 2.75. The number of amides is 1. The third-order valence-corrected chi connectivity index (χ3v) is 4.22. The summed E-state index contributed by atoms with van der Waals surface area (Å²) >= 11 is 5.87. The van der Waals surface area contributed by atoms with E-state index in [2.05, 4.69) is 22.7 Å². The van der Waals surface area contributed by atoms with E-state index in [-0.39, 0.29) is 12.5 Å². The summed E-state index contributed by atoms with van der Waals surface area (Å²) in [4.78, 5) is 11.7. The van der Waals surface area contributed by atoms with Crippen molar-refractivity contribution in [3.63, 3.8) is 0 Å². The molecule has 1 fully saturated rings. The molecule has 1 amide bonds. The van der Waals surface area contributed by atoms with Gasteiger partial charge in [-0.15, -0.1) is 0 Å². The zero-order valence-corrected chi connectivity index (χ0v) is 12.6. The maximum Gasteiger partial charge on any atom is 0.277 e. The number of fused-ring (bicyclic) bond motifs is 1. The van der Waals surface area contributed by atoms with Gasteiger partial charge in [-0.1, -0.05) is 23.8 Å². The number of carbonyl (C=O) groups is 1. The van der Waals surface area contributed by atoms with Gasteiger partial charge in [0.15, 0.2) is 6.61 Å². The summed E-state index contributed by atoms with van der Waals surface area (Å²) in [5, 5.41) is 4.85. The highest BCUT2D eigenvalue weighted by atomic mass is 35.5. The molecule has 0 aromatic heterocycles. The van der Waals surface area contributed by atoms with Gasteiger partial charge >= 0.3 is 0 Å². The maximum atomic E-state index is 11.7. The number of halogens is 1. The van der Waals surface area contributed by atoms with Gasteiger partial charge < -0.3 is 4.74 Å². The van der Waals surface area contributed by atoms with Gasteiger partial charge in [0.1, 0.15) is 5.75 Å². The van der Waals surface area contributed by atoms with Gasteiger partial charge in [0, 0.05) is 16.7 Å². The van der Waals surface area contributed by atoms with E-state index < -0.39 is 0 Å². The molecule has 2 atom stereocenters. The lowest BCUT2D eigenvalue weighted by molar-refractivity contribution is -0.123. The minimum absolute atomic E-state index is 0.0500. The number of nitrogens with zero attached hydrogens (tertiary/aromatic N) is 1. The van der Waals surface area contributed by atoms with Gasteiger partial charge in [0.05, 0.1) is 0 Å². The maximum absolute atomic E-state index is 11.7. The van der Waals surface area contributed by atoms with Gasteiger partial charge in [0.25, 0.3) is 5.91 Å². The molecule has 5 heteroatoms. The van der Waals surface area contributed by atoms with Gasteiger partial charge in [-0.05, 0) is 49.4 Å². The first-order valence-corrected chi connectivity index (χ1v) is 7.42. The van der Waals surface area contributed by atoms with Crippen molar-refractivity contribution in [2.75, 3.05) is 6.61 Å². The number of aryl methyl sites for hydroxylation is 1. The van der Waals surface area contributed by atoms with E-state index in [4.69, 9.17) is 16.3 Å². The minimum Gasteiger partial charge on any atom is -0.483 e. The van der Waals surface area contributed by atoms with Crippen LogP contribution in [0.4, 0.5) is 0 Å². The Morgan fingerprint density at radius 1 is 1.52 bits per heavy atom. The summed E-state index contributed by atoms with van der Waals surface area (Å²) in [6, 6.07) is 5.30. The lowest BCUT2D eigenvalue weighted by Gasteiger charge is -2.31. The van der Waals surface area contributed by atoms with Crippen LogP contribution in [0, 0.1) is 18.8 Å². The van der Waals surface area contributed by atoms with Crippen molar-refractivity contribution in [2.45, 2.75) is 19.8 Å². The fourth-order valence-corrected chi connectivity index (χ4v) is 2.97. The first kappa shape index (κ1) is 14.1. The smallest absolute Gasteiger partial charge is 0.277 e. The van der Waals surface area contributed by atoms with E-state index in [1.54, 1.807) is 18.2 Å². The summed E-state index contributed by atoms with van der Waals surface area (Å²) in [6.45, 7) is 1.84. The molecule has 0 radical (unpaired) electrons. The van der Waals surface area contributed by atoms with E-state index in [0.29, 0.717) is 22.6 Å². The van der Waals surface area contributed by atoms with Gasteiger partial charge in [-0.25, -0.2) is 5.43 Å². The van der Waals surface area contributed by atoms with Crippen molar-refractivity contribution in [1.82, 2.24) is 5.43 Å². The predicted molar refractivity (Wildman–Crippen MR) is 82.6 cm³/mol. The molecule has 2 aliphatic rings. The number of hydrogen-bond donors (Lipinski definition) is 1. The second-order valence-electron chi connectivity index (χ2n) is 5.47. The summed E-state index contributed by atoms with van der Waals surface area (Å²) in [5.41, 5.74) is 4.56. The molecule has 0 unspecified atom stereocenters. The Balaban J connectivity index is 1.47. The quantitative estimate of drug-likeness (QED) is 0.686. The number of benzene rings is 1. The van der Waals surface area contributed by atoms with Crippen LogP contribution in [-0.2, 0) is 4.79 Å². The fraction of sp³-hybridized carbons (Fsp3) is 0.375. The predicted octanol–water partition coefficient (Wildman–Crippen LogP) is 3.10. The van der Waals surface area contributed by atoms with Crippen LogP contribution in [0.5, 0.6) is 5.75 Å². The molecule has 1 saturated carbocycles. The first-order chi connectivity index (χ1) is 10.1. The molecule has 21 heavy (non-hydrogen) atoms. The molecular formula is C16H17ClN2O2. The van der Waals surface area contributed by atoms with Crippen LogP contribution in [0.2, 0.25) is 5.02 Å². The number of allylic oxidation sites excluding steroid dienone is 2. The van der Waals surface area contributed by atoms with Crippen LogP contribution >= 0.6 is 11.6 Å². The molecule has 0 bridgehead atoms. The molecule has 110 valence electrons. The number of rotatable bonds is 4. The van der Waals surface area contributed by atoms with Crippen molar-refractivity contribution in [2.24, 2.45) is 16.9 Å². The molecular weight excluding hydrogens is 288 g/mol. The standard InChI is InChI=1S/C16H17ClN2O2/c1-10-7-12(17)5-6-15(10)21-9-16(20)19-18-14-8-11-3-2-4-13(11)14/h2-3,5-7,11,13H,4,8-9H2,1H3,(H,19,20)/b18-14-/t11-,13+/m1/s1. The highest BCUT2D eigenvalue weighted by Gasteiger charge is 2.37. The molecule has 0 spiro atoms. The lowest BCUT2D eigenvalue weighted by Crippen LogP contribution is -2.36. The highest BCUT2D eigenvalue weighted by molar-refractivity contribution is 6.30. The molecule has 1 aromatic rings. The number of carbonyl (C=O) groups excluding carboxylic acids is 1. The summed E-state index contributed by atoms with van der Waals surface area (Å²) in [5.74, 6) is 1.55. The van der Waals surface area contributed by atoms with E-state index >= 15 is 0 Å². The van der Waals surface area contributed by atoms with Crippen LogP contribution in [0.15, 0.2) is 35.5 Å². The van der Waals surface area contributed by atoms with E-state index in [1.807, 2.05) is 6.92 Å². The van der Waals surface area contributed by atoms with E-state index in [9.17, 15) is 4.79 Å². The zero-order valence-electron chi connectivity index (χ0n) is 11.8. The normalized spacial score (nSPS) is 24.6. The third kappa shape index (κ3) is 3.10. The summed E-state index contributed by atoms with van der Waals surface area (Å²) < 4.78 is 5.47. The van der Waals surface area contributed by atoms with Crippen molar-refractivity contribution in [3.05, 3.63) is 40.9 Å². The van der Waals surface area contributed by atoms with Crippen LogP contribution in [-0.4, -0.2) is 18.2 Å². The number of hydrazone groups is 1. The second kappa shape index (κ2) is 5.90. The zero-order chi connectivity index (χ0) is 14.8. The molecule has 0 saturated heterocycles. The Hall–Kier alpha value is -1.81. The summed E-state index contributed by atoms with van der Waals surface area (Å²) in [7, 11) is 0. The second-order valence-corrected chi connectivity index (χ2v) is 5.91. The average molecular weight is 305 g/mol. The van der Waals surface area contributed by atoms with Crippen molar-refractivity contribution < 1.29 is 9.53 Å². The van der Waals surface area contributed by atoms with Crippen molar-refractivity contribution >= 4 is 23.2 Å². The molecule has 4 nitrogen and oxygen atoms in total. The molecule has 3 rings (SSSR count). The third-order valence-electron chi connectivity index (χ3n) is 3.98.